The van der Waals surface area contributed by atoms with Gasteiger partial charge in [-0.1, -0.05) is 29.8 Å². The van der Waals surface area contributed by atoms with Crippen molar-refractivity contribution in [2.45, 2.75) is 44.3 Å². The molecule has 1 aromatic rings. The van der Waals surface area contributed by atoms with Crippen LogP contribution in [0.2, 0.25) is 5.02 Å². The van der Waals surface area contributed by atoms with Crippen molar-refractivity contribution >= 4 is 17.6 Å². The van der Waals surface area contributed by atoms with Crippen LogP contribution in [-0.4, -0.2) is 29.1 Å². The zero-order valence-corrected chi connectivity index (χ0v) is 12.4. The molecule has 2 N–H and O–H groups in total. The second kappa shape index (κ2) is 8.25. The first-order chi connectivity index (χ1) is 9.44. The van der Waals surface area contributed by atoms with E-state index in [4.69, 9.17) is 21.8 Å². The summed E-state index contributed by atoms with van der Waals surface area (Å²) in [7, 11) is 1.38. The molecule has 2 rings (SSSR count). The fourth-order valence-corrected chi connectivity index (χ4v) is 2.21. The maximum Gasteiger partial charge on any atom is 0.305 e. The predicted octanol–water partition coefficient (Wildman–Crippen LogP) is 2.69. The minimum Gasteiger partial charge on any atom is -0.469 e. The Labute approximate surface area is 124 Å². The standard InChI is InChI=1S/C10H11ClO2.C5H10O2/c1-13-10(12)7-6-8-4-2-3-5-9(8)11;6-5(7)3-1-2-4-5/h2-5H,6-7H2,1H3;6-7H,1-4H2. The molecule has 1 saturated carbocycles. The quantitative estimate of drug-likeness (QED) is 0.665. The number of carbonyl (C=O) groups is 1. The molecule has 0 spiro atoms. The average molecular weight is 301 g/mol. The van der Waals surface area contributed by atoms with E-state index in [-0.39, 0.29) is 5.97 Å². The highest BCUT2D eigenvalue weighted by Gasteiger charge is 2.26. The van der Waals surface area contributed by atoms with E-state index < -0.39 is 5.79 Å². The molecular formula is C15H21ClO4. The number of hydrogen-bond acceptors (Lipinski definition) is 4. The van der Waals surface area contributed by atoms with Crippen LogP contribution in [0, 0.1) is 0 Å². The Balaban J connectivity index is 0.000000240. The number of rotatable bonds is 3. The van der Waals surface area contributed by atoms with Gasteiger partial charge in [0, 0.05) is 24.3 Å². The third-order valence-corrected chi connectivity index (χ3v) is 3.56. The van der Waals surface area contributed by atoms with Crippen LogP contribution >= 0.6 is 11.6 Å². The van der Waals surface area contributed by atoms with Crippen molar-refractivity contribution in [2.24, 2.45) is 0 Å². The summed E-state index contributed by atoms with van der Waals surface area (Å²) in [4.78, 5) is 10.8. The van der Waals surface area contributed by atoms with E-state index in [9.17, 15) is 4.79 Å². The Bertz CT molecular complexity index is 424. The Kier molecular flexibility index (Phi) is 6.99. The zero-order chi connectivity index (χ0) is 15.0. The number of benzene rings is 1. The Morgan fingerprint density at radius 1 is 1.30 bits per heavy atom. The molecule has 0 amide bonds. The number of aliphatic hydroxyl groups is 2. The van der Waals surface area contributed by atoms with E-state index in [2.05, 4.69) is 4.74 Å². The molecule has 5 heteroatoms. The van der Waals surface area contributed by atoms with E-state index >= 15 is 0 Å². The van der Waals surface area contributed by atoms with E-state index in [0.717, 1.165) is 18.4 Å². The van der Waals surface area contributed by atoms with Gasteiger partial charge in [0.15, 0.2) is 5.79 Å². The number of ether oxygens (including phenoxy) is 1. The molecule has 0 radical (unpaired) electrons. The first kappa shape index (κ1) is 17.0. The molecule has 4 nitrogen and oxygen atoms in total. The lowest BCUT2D eigenvalue weighted by atomic mass is 10.1. The smallest absolute Gasteiger partial charge is 0.305 e. The first-order valence-corrected chi connectivity index (χ1v) is 7.07. The molecule has 0 aliphatic heterocycles. The average Bonchev–Trinajstić information content (AvgIpc) is 2.82. The van der Waals surface area contributed by atoms with Gasteiger partial charge in [0.2, 0.25) is 0 Å². The second-order valence-electron chi connectivity index (χ2n) is 4.86. The summed E-state index contributed by atoms with van der Waals surface area (Å²) in [6, 6.07) is 7.49. The molecule has 112 valence electrons. The first-order valence-electron chi connectivity index (χ1n) is 6.69. The van der Waals surface area contributed by atoms with Crippen molar-refractivity contribution in [2.75, 3.05) is 7.11 Å². The third kappa shape index (κ3) is 6.37. The molecule has 0 aromatic heterocycles. The van der Waals surface area contributed by atoms with Gasteiger partial charge in [0.1, 0.15) is 0 Å². The third-order valence-electron chi connectivity index (χ3n) is 3.19. The van der Waals surface area contributed by atoms with Crippen LogP contribution in [-0.2, 0) is 16.0 Å². The SMILES string of the molecule is COC(=O)CCc1ccccc1Cl.OC1(O)CCCC1. The van der Waals surface area contributed by atoms with Crippen LogP contribution in [0.3, 0.4) is 0 Å². The zero-order valence-electron chi connectivity index (χ0n) is 11.6. The molecule has 1 aliphatic carbocycles. The van der Waals surface area contributed by atoms with Gasteiger partial charge in [-0.25, -0.2) is 0 Å². The van der Waals surface area contributed by atoms with Gasteiger partial charge >= 0.3 is 5.97 Å². The highest BCUT2D eigenvalue weighted by molar-refractivity contribution is 6.31. The summed E-state index contributed by atoms with van der Waals surface area (Å²) in [6.45, 7) is 0. The molecular weight excluding hydrogens is 280 g/mol. The molecule has 0 saturated heterocycles. The minimum absolute atomic E-state index is 0.208. The summed E-state index contributed by atoms with van der Waals surface area (Å²) in [5.74, 6) is -1.51. The number of esters is 1. The molecule has 0 bridgehead atoms. The van der Waals surface area contributed by atoms with Crippen LogP contribution in [0.1, 0.15) is 37.7 Å². The van der Waals surface area contributed by atoms with E-state index in [1.54, 1.807) is 0 Å². The van der Waals surface area contributed by atoms with Crippen molar-refractivity contribution in [3.63, 3.8) is 0 Å². The Morgan fingerprint density at radius 2 is 1.90 bits per heavy atom. The Morgan fingerprint density at radius 3 is 2.35 bits per heavy atom. The van der Waals surface area contributed by atoms with E-state index in [1.165, 1.54) is 7.11 Å². The fraction of sp³-hybridized carbons (Fsp3) is 0.533. The van der Waals surface area contributed by atoms with Crippen molar-refractivity contribution in [3.8, 4) is 0 Å². The maximum absolute atomic E-state index is 10.8. The maximum atomic E-state index is 10.8. The van der Waals surface area contributed by atoms with E-state index in [1.807, 2.05) is 24.3 Å². The summed E-state index contributed by atoms with van der Waals surface area (Å²) in [5.41, 5.74) is 0.981. The van der Waals surface area contributed by atoms with Crippen LogP contribution < -0.4 is 0 Å². The number of hydrogen-bond donors (Lipinski definition) is 2. The highest BCUT2D eigenvalue weighted by atomic mass is 35.5. The minimum atomic E-state index is -1.31. The molecule has 1 fully saturated rings. The Hall–Kier alpha value is -1.10. The van der Waals surface area contributed by atoms with Gasteiger partial charge in [-0.15, -0.1) is 0 Å². The fourth-order valence-electron chi connectivity index (χ4n) is 1.98. The van der Waals surface area contributed by atoms with Crippen LogP contribution in [0.15, 0.2) is 24.3 Å². The van der Waals surface area contributed by atoms with Gasteiger partial charge in [-0.05, 0) is 30.9 Å². The van der Waals surface area contributed by atoms with Gasteiger partial charge < -0.3 is 14.9 Å². The normalized spacial score (nSPS) is 16.2. The molecule has 20 heavy (non-hydrogen) atoms. The largest absolute Gasteiger partial charge is 0.469 e. The molecule has 1 aliphatic rings. The van der Waals surface area contributed by atoms with Gasteiger partial charge in [0.25, 0.3) is 0 Å². The highest BCUT2D eigenvalue weighted by Crippen LogP contribution is 2.25. The summed E-state index contributed by atoms with van der Waals surface area (Å²) >= 11 is 5.90. The van der Waals surface area contributed by atoms with Crippen molar-refractivity contribution in [1.29, 1.82) is 0 Å². The van der Waals surface area contributed by atoms with Crippen LogP contribution in [0.25, 0.3) is 0 Å². The topological polar surface area (TPSA) is 66.8 Å². The van der Waals surface area contributed by atoms with Crippen molar-refractivity contribution in [1.82, 2.24) is 0 Å². The van der Waals surface area contributed by atoms with Crippen LogP contribution in [0.5, 0.6) is 0 Å². The monoisotopic (exact) mass is 300 g/mol. The number of aryl methyl sites for hydroxylation is 1. The van der Waals surface area contributed by atoms with Crippen LogP contribution in [0.4, 0.5) is 0 Å². The van der Waals surface area contributed by atoms with E-state index in [0.29, 0.717) is 30.7 Å². The molecule has 0 unspecified atom stereocenters. The predicted molar refractivity (Wildman–Crippen MR) is 77.4 cm³/mol. The van der Waals surface area contributed by atoms with Gasteiger partial charge in [-0.2, -0.15) is 0 Å². The summed E-state index contributed by atoms with van der Waals surface area (Å²) in [5, 5.41) is 18.2. The molecule has 0 heterocycles. The summed E-state index contributed by atoms with van der Waals surface area (Å²) < 4.78 is 4.53. The van der Waals surface area contributed by atoms with Crippen molar-refractivity contribution in [3.05, 3.63) is 34.9 Å². The summed E-state index contributed by atoms with van der Waals surface area (Å²) in [6.07, 6.45) is 4.06. The van der Waals surface area contributed by atoms with Crippen molar-refractivity contribution < 1.29 is 19.7 Å². The number of halogens is 1. The second-order valence-corrected chi connectivity index (χ2v) is 5.26. The lowest BCUT2D eigenvalue weighted by Crippen LogP contribution is -2.21. The lowest BCUT2D eigenvalue weighted by Gasteiger charge is -2.11. The number of carbonyl (C=O) groups excluding carboxylic acids is 1. The van der Waals surface area contributed by atoms with Gasteiger partial charge in [-0.3, -0.25) is 4.79 Å². The molecule has 0 atom stereocenters. The number of methoxy groups -OCH3 is 1. The molecule has 1 aromatic carbocycles. The lowest BCUT2D eigenvalue weighted by molar-refractivity contribution is -0.152. The van der Waals surface area contributed by atoms with Gasteiger partial charge in [0.05, 0.1) is 7.11 Å².